The summed E-state index contributed by atoms with van der Waals surface area (Å²) in [5.41, 5.74) is 0.320. The highest BCUT2D eigenvalue weighted by molar-refractivity contribution is 5.80. The predicted molar refractivity (Wildman–Crippen MR) is 58.1 cm³/mol. The molecule has 0 atom stereocenters. The summed E-state index contributed by atoms with van der Waals surface area (Å²) in [6.45, 7) is 9.21. The third-order valence-electron chi connectivity index (χ3n) is 2.20. The van der Waals surface area contributed by atoms with Crippen LogP contribution in [0.25, 0.3) is 0 Å². The molecular formula is C11H22N2O. The molecule has 0 bridgehead atoms. The van der Waals surface area contributed by atoms with Crippen LogP contribution < -0.4 is 10.6 Å². The van der Waals surface area contributed by atoms with Crippen molar-refractivity contribution < 1.29 is 4.79 Å². The molecule has 14 heavy (non-hydrogen) atoms. The van der Waals surface area contributed by atoms with Crippen LogP contribution in [0.1, 0.15) is 33.6 Å². The van der Waals surface area contributed by atoms with Gasteiger partial charge in [-0.3, -0.25) is 4.79 Å². The van der Waals surface area contributed by atoms with E-state index >= 15 is 0 Å². The number of hydrogen-bond donors (Lipinski definition) is 2. The van der Waals surface area contributed by atoms with Crippen LogP contribution in [0.5, 0.6) is 0 Å². The van der Waals surface area contributed by atoms with Crippen molar-refractivity contribution in [2.24, 2.45) is 11.3 Å². The van der Waals surface area contributed by atoms with Crippen LogP contribution in [-0.2, 0) is 4.79 Å². The van der Waals surface area contributed by atoms with E-state index in [1.165, 1.54) is 0 Å². The van der Waals surface area contributed by atoms with Gasteiger partial charge in [0.2, 0.25) is 5.91 Å². The Hall–Kier alpha value is -0.570. The number of hydrogen-bond acceptors (Lipinski definition) is 2. The Kier molecular flexibility index (Phi) is 3.93. The Morgan fingerprint density at radius 2 is 1.93 bits per heavy atom. The van der Waals surface area contributed by atoms with Crippen LogP contribution in [0.2, 0.25) is 0 Å². The van der Waals surface area contributed by atoms with Gasteiger partial charge in [-0.2, -0.15) is 0 Å². The number of carbonyl (C=O) groups excluding carboxylic acids is 1. The standard InChI is InChI=1S/C11H22N2O/c1-11(2,3)8-12-6-7-13-10(14)9-4-5-9/h9,12H,4-8H2,1-3H3,(H,13,14). The molecule has 1 fully saturated rings. The summed E-state index contributed by atoms with van der Waals surface area (Å²) in [4.78, 5) is 11.2. The molecule has 0 radical (unpaired) electrons. The normalized spacial score (nSPS) is 16.8. The van der Waals surface area contributed by atoms with E-state index in [1.54, 1.807) is 0 Å². The largest absolute Gasteiger partial charge is 0.355 e. The maximum Gasteiger partial charge on any atom is 0.223 e. The highest BCUT2D eigenvalue weighted by Gasteiger charge is 2.28. The lowest BCUT2D eigenvalue weighted by atomic mass is 9.97. The van der Waals surface area contributed by atoms with E-state index in [0.717, 1.165) is 32.5 Å². The van der Waals surface area contributed by atoms with Gasteiger partial charge in [0, 0.05) is 25.6 Å². The van der Waals surface area contributed by atoms with Gasteiger partial charge in [-0.15, -0.1) is 0 Å². The zero-order chi connectivity index (χ0) is 10.6. The summed E-state index contributed by atoms with van der Waals surface area (Å²) in [5, 5.41) is 6.25. The first-order chi connectivity index (χ1) is 6.49. The fourth-order valence-electron chi connectivity index (χ4n) is 1.23. The number of amides is 1. The van der Waals surface area contributed by atoms with Crippen molar-refractivity contribution in [1.29, 1.82) is 0 Å². The maximum absolute atomic E-state index is 11.2. The fraction of sp³-hybridized carbons (Fsp3) is 0.909. The Labute approximate surface area is 86.6 Å². The molecule has 82 valence electrons. The van der Waals surface area contributed by atoms with Crippen molar-refractivity contribution in [3.05, 3.63) is 0 Å². The highest BCUT2D eigenvalue weighted by atomic mass is 16.2. The molecule has 3 heteroatoms. The molecule has 1 rings (SSSR count). The Morgan fingerprint density at radius 3 is 2.43 bits per heavy atom. The minimum absolute atomic E-state index is 0.238. The molecule has 1 amide bonds. The van der Waals surface area contributed by atoms with Gasteiger partial charge in [0.15, 0.2) is 0 Å². The zero-order valence-corrected chi connectivity index (χ0v) is 9.52. The van der Waals surface area contributed by atoms with Gasteiger partial charge >= 0.3 is 0 Å². The van der Waals surface area contributed by atoms with E-state index in [9.17, 15) is 4.79 Å². The molecule has 1 aliphatic rings. The summed E-state index contributed by atoms with van der Waals surface area (Å²) in [5.74, 6) is 0.570. The molecule has 0 heterocycles. The van der Waals surface area contributed by atoms with Crippen molar-refractivity contribution in [3.63, 3.8) is 0 Å². The van der Waals surface area contributed by atoms with Crippen LogP contribution in [0.3, 0.4) is 0 Å². The lowest BCUT2D eigenvalue weighted by Crippen LogP contribution is -2.35. The number of carbonyl (C=O) groups is 1. The minimum atomic E-state index is 0.238. The first kappa shape index (κ1) is 11.5. The number of nitrogens with one attached hydrogen (secondary N) is 2. The Morgan fingerprint density at radius 1 is 1.29 bits per heavy atom. The lowest BCUT2D eigenvalue weighted by molar-refractivity contribution is -0.122. The summed E-state index contributed by atoms with van der Waals surface area (Å²) in [6, 6.07) is 0. The fourth-order valence-corrected chi connectivity index (χ4v) is 1.23. The number of rotatable bonds is 5. The molecule has 1 saturated carbocycles. The summed E-state index contributed by atoms with van der Waals surface area (Å²) >= 11 is 0. The van der Waals surface area contributed by atoms with Gasteiger partial charge in [-0.05, 0) is 18.3 Å². The van der Waals surface area contributed by atoms with E-state index in [4.69, 9.17) is 0 Å². The second-order valence-electron chi connectivity index (χ2n) is 5.30. The molecule has 0 saturated heterocycles. The molecule has 2 N–H and O–H groups in total. The predicted octanol–water partition coefficient (Wildman–Crippen LogP) is 1.15. The molecule has 0 aliphatic heterocycles. The molecular weight excluding hydrogens is 176 g/mol. The van der Waals surface area contributed by atoms with Crippen molar-refractivity contribution in [2.45, 2.75) is 33.6 Å². The molecule has 3 nitrogen and oxygen atoms in total. The van der Waals surface area contributed by atoms with Crippen LogP contribution >= 0.6 is 0 Å². The van der Waals surface area contributed by atoms with Crippen LogP contribution in [0.15, 0.2) is 0 Å². The third-order valence-corrected chi connectivity index (χ3v) is 2.20. The second-order valence-corrected chi connectivity index (χ2v) is 5.30. The SMILES string of the molecule is CC(C)(C)CNCCNC(=O)C1CC1. The van der Waals surface area contributed by atoms with Gasteiger partial charge in [0.1, 0.15) is 0 Å². The summed E-state index contributed by atoms with van der Waals surface area (Å²) in [7, 11) is 0. The maximum atomic E-state index is 11.2. The van der Waals surface area contributed by atoms with Crippen LogP contribution in [0.4, 0.5) is 0 Å². The second kappa shape index (κ2) is 4.78. The molecule has 0 aromatic rings. The molecule has 0 aromatic carbocycles. The Balaban J connectivity index is 1.91. The average Bonchev–Trinajstić information content (AvgIpc) is 2.83. The van der Waals surface area contributed by atoms with Gasteiger partial charge in [0.05, 0.1) is 0 Å². The highest BCUT2D eigenvalue weighted by Crippen LogP contribution is 2.28. The first-order valence-corrected chi connectivity index (χ1v) is 5.47. The van der Waals surface area contributed by atoms with E-state index in [1.807, 2.05) is 0 Å². The monoisotopic (exact) mass is 198 g/mol. The van der Waals surface area contributed by atoms with E-state index in [0.29, 0.717) is 11.3 Å². The quantitative estimate of drug-likeness (QED) is 0.651. The average molecular weight is 198 g/mol. The van der Waals surface area contributed by atoms with Gasteiger partial charge in [-0.1, -0.05) is 20.8 Å². The molecule has 1 aliphatic carbocycles. The van der Waals surface area contributed by atoms with Gasteiger partial charge < -0.3 is 10.6 Å². The summed E-state index contributed by atoms with van der Waals surface area (Å²) in [6.07, 6.45) is 2.17. The molecule has 0 spiro atoms. The van der Waals surface area contributed by atoms with Gasteiger partial charge in [0.25, 0.3) is 0 Å². The third kappa shape index (κ3) is 5.22. The smallest absolute Gasteiger partial charge is 0.223 e. The van der Waals surface area contributed by atoms with Crippen molar-refractivity contribution in [2.75, 3.05) is 19.6 Å². The minimum Gasteiger partial charge on any atom is -0.355 e. The summed E-state index contributed by atoms with van der Waals surface area (Å²) < 4.78 is 0. The topological polar surface area (TPSA) is 41.1 Å². The first-order valence-electron chi connectivity index (χ1n) is 5.47. The van der Waals surface area contributed by atoms with E-state index < -0.39 is 0 Å². The molecule has 0 aromatic heterocycles. The van der Waals surface area contributed by atoms with E-state index in [2.05, 4.69) is 31.4 Å². The zero-order valence-electron chi connectivity index (χ0n) is 9.52. The van der Waals surface area contributed by atoms with E-state index in [-0.39, 0.29) is 5.91 Å². The van der Waals surface area contributed by atoms with Crippen molar-refractivity contribution >= 4 is 5.91 Å². The molecule has 0 unspecified atom stereocenters. The van der Waals surface area contributed by atoms with Crippen molar-refractivity contribution in [3.8, 4) is 0 Å². The van der Waals surface area contributed by atoms with Crippen LogP contribution in [0, 0.1) is 11.3 Å². The Bertz CT molecular complexity index is 192. The van der Waals surface area contributed by atoms with Crippen LogP contribution in [-0.4, -0.2) is 25.5 Å². The lowest BCUT2D eigenvalue weighted by Gasteiger charge is -2.18. The van der Waals surface area contributed by atoms with Gasteiger partial charge in [-0.25, -0.2) is 0 Å². The van der Waals surface area contributed by atoms with Crippen molar-refractivity contribution in [1.82, 2.24) is 10.6 Å².